The lowest BCUT2D eigenvalue weighted by Gasteiger charge is -2.33. The smallest absolute Gasteiger partial charge is 0.137 e. The average Bonchev–Trinajstić information content (AvgIpc) is 2.41. The van der Waals surface area contributed by atoms with Crippen LogP contribution in [0.2, 0.25) is 0 Å². The van der Waals surface area contributed by atoms with E-state index in [4.69, 9.17) is 4.74 Å². The highest BCUT2D eigenvalue weighted by Gasteiger charge is 2.22. The molecule has 0 spiro atoms. The summed E-state index contributed by atoms with van der Waals surface area (Å²) in [6, 6.07) is 0. The quantitative estimate of drug-likeness (QED) is 0.882. The molecule has 1 fully saturated rings. The third-order valence-electron chi connectivity index (χ3n) is 3.31. The minimum Gasteiger partial charge on any atom is -0.375 e. The van der Waals surface area contributed by atoms with E-state index >= 15 is 0 Å². The van der Waals surface area contributed by atoms with Crippen molar-refractivity contribution in [1.82, 2.24) is 9.97 Å². The molecule has 0 saturated carbocycles. The molecule has 0 aliphatic carbocycles. The van der Waals surface area contributed by atoms with Crippen LogP contribution >= 0.6 is 0 Å². The minimum atomic E-state index is 0.265. The van der Waals surface area contributed by atoms with Gasteiger partial charge in [-0.1, -0.05) is 13.3 Å². The second-order valence-electron chi connectivity index (χ2n) is 4.93. The van der Waals surface area contributed by atoms with Crippen molar-refractivity contribution in [2.45, 2.75) is 39.7 Å². The van der Waals surface area contributed by atoms with Gasteiger partial charge in [-0.25, -0.2) is 9.97 Å². The summed E-state index contributed by atoms with van der Waals surface area (Å²) in [7, 11) is 0. The fraction of sp³-hybridized carbons (Fsp3) is 0.714. The van der Waals surface area contributed by atoms with Crippen LogP contribution in [0.3, 0.4) is 0 Å². The van der Waals surface area contributed by atoms with E-state index in [2.05, 4.69) is 41.0 Å². The lowest BCUT2D eigenvalue weighted by atomic mass is 10.1. The van der Waals surface area contributed by atoms with Crippen LogP contribution in [0.1, 0.15) is 32.8 Å². The summed E-state index contributed by atoms with van der Waals surface area (Å²) in [5.41, 5.74) is 1.24. The summed E-state index contributed by atoms with van der Waals surface area (Å²) in [6.07, 6.45) is 4.02. The molecule has 1 aliphatic heterocycles. The zero-order chi connectivity index (χ0) is 13.7. The van der Waals surface area contributed by atoms with Gasteiger partial charge in [0.2, 0.25) is 0 Å². The third-order valence-corrected chi connectivity index (χ3v) is 3.31. The van der Waals surface area contributed by atoms with E-state index in [9.17, 15) is 0 Å². The van der Waals surface area contributed by atoms with Crippen LogP contribution < -0.4 is 10.2 Å². The second-order valence-corrected chi connectivity index (χ2v) is 4.93. The summed E-state index contributed by atoms with van der Waals surface area (Å²) >= 11 is 0. The van der Waals surface area contributed by atoms with E-state index in [1.54, 1.807) is 6.33 Å². The monoisotopic (exact) mass is 264 g/mol. The van der Waals surface area contributed by atoms with Gasteiger partial charge in [0, 0.05) is 25.2 Å². The Bertz CT molecular complexity index is 410. The maximum Gasteiger partial charge on any atom is 0.137 e. The molecule has 1 aromatic heterocycles. The number of nitrogens with one attached hydrogen (secondary N) is 1. The number of hydrogen-bond donors (Lipinski definition) is 1. The first kappa shape index (κ1) is 14.1. The highest BCUT2D eigenvalue weighted by Crippen LogP contribution is 2.26. The Kier molecular flexibility index (Phi) is 4.96. The van der Waals surface area contributed by atoms with Gasteiger partial charge in [0.05, 0.1) is 12.7 Å². The van der Waals surface area contributed by atoms with Crippen molar-refractivity contribution in [1.29, 1.82) is 0 Å². The number of aromatic nitrogens is 2. The number of anilines is 2. The van der Waals surface area contributed by atoms with Crippen LogP contribution in [0, 0.1) is 0 Å². The van der Waals surface area contributed by atoms with Gasteiger partial charge in [0.25, 0.3) is 0 Å². The molecule has 1 saturated heterocycles. The van der Waals surface area contributed by atoms with E-state index in [-0.39, 0.29) is 6.10 Å². The first-order valence-electron chi connectivity index (χ1n) is 7.20. The Morgan fingerprint density at radius 1 is 1.42 bits per heavy atom. The van der Waals surface area contributed by atoms with Gasteiger partial charge in [0.1, 0.15) is 18.0 Å². The molecule has 1 atom stereocenters. The van der Waals surface area contributed by atoms with Crippen molar-refractivity contribution in [3.63, 3.8) is 0 Å². The SMILES string of the molecule is CCCc1c(NCC)ncnc1N1CCOC(C)C1. The van der Waals surface area contributed by atoms with Crippen LogP contribution in [-0.4, -0.2) is 42.3 Å². The van der Waals surface area contributed by atoms with E-state index < -0.39 is 0 Å². The van der Waals surface area contributed by atoms with Gasteiger partial charge < -0.3 is 15.0 Å². The number of hydrogen-bond acceptors (Lipinski definition) is 5. The number of rotatable bonds is 5. The minimum absolute atomic E-state index is 0.265. The molecule has 0 bridgehead atoms. The van der Waals surface area contributed by atoms with Crippen LogP contribution in [0.15, 0.2) is 6.33 Å². The molecule has 0 radical (unpaired) electrons. The van der Waals surface area contributed by atoms with Crippen molar-refractivity contribution >= 4 is 11.6 Å². The van der Waals surface area contributed by atoms with E-state index in [0.717, 1.165) is 50.7 Å². The van der Waals surface area contributed by atoms with Crippen LogP contribution in [0.25, 0.3) is 0 Å². The van der Waals surface area contributed by atoms with E-state index in [1.165, 1.54) is 5.56 Å². The molecule has 0 aromatic carbocycles. The zero-order valence-electron chi connectivity index (χ0n) is 12.1. The standard InChI is InChI=1S/C14H24N4O/c1-4-6-12-13(15-5-2)16-10-17-14(12)18-7-8-19-11(3)9-18/h10-11H,4-9H2,1-3H3,(H,15,16,17). The Morgan fingerprint density at radius 2 is 2.26 bits per heavy atom. The lowest BCUT2D eigenvalue weighted by molar-refractivity contribution is 0.0529. The molecule has 0 amide bonds. The summed E-state index contributed by atoms with van der Waals surface area (Å²) in [6.45, 7) is 9.85. The van der Waals surface area contributed by atoms with Crippen molar-refractivity contribution in [3.8, 4) is 0 Å². The molecule has 1 unspecified atom stereocenters. The lowest BCUT2D eigenvalue weighted by Crippen LogP contribution is -2.42. The summed E-state index contributed by atoms with van der Waals surface area (Å²) in [5.74, 6) is 2.05. The second kappa shape index (κ2) is 6.70. The van der Waals surface area contributed by atoms with Gasteiger partial charge in [-0.2, -0.15) is 0 Å². The van der Waals surface area contributed by atoms with Crippen molar-refractivity contribution in [3.05, 3.63) is 11.9 Å². The number of morpholine rings is 1. The Labute approximate surface area is 115 Å². The summed E-state index contributed by atoms with van der Waals surface area (Å²) in [5, 5.41) is 3.34. The molecule has 1 aromatic rings. The van der Waals surface area contributed by atoms with Crippen molar-refractivity contribution in [2.24, 2.45) is 0 Å². The van der Waals surface area contributed by atoms with Crippen LogP contribution in [0.5, 0.6) is 0 Å². The average molecular weight is 264 g/mol. The Balaban J connectivity index is 2.29. The highest BCUT2D eigenvalue weighted by atomic mass is 16.5. The Morgan fingerprint density at radius 3 is 2.95 bits per heavy atom. The molecule has 106 valence electrons. The van der Waals surface area contributed by atoms with Gasteiger partial charge in [-0.05, 0) is 20.3 Å². The van der Waals surface area contributed by atoms with Gasteiger partial charge in [-0.3, -0.25) is 0 Å². The summed E-state index contributed by atoms with van der Waals surface area (Å²) < 4.78 is 5.61. The van der Waals surface area contributed by atoms with E-state index in [0.29, 0.717) is 0 Å². The maximum atomic E-state index is 5.61. The number of ether oxygens (including phenoxy) is 1. The van der Waals surface area contributed by atoms with Gasteiger partial charge >= 0.3 is 0 Å². The van der Waals surface area contributed by atoms with Crippen LogP contribution in [-0.2, 0) is 11.2 Å². The van der Waals surface area contributed by atoms with Gasteiger partial charge in [-0.15, -0.1) is 0 Å². The molecule has 1 N–H and O–H groups in total. The molecule has 1 aliphatic rings. The van der Waals surface area contributed by atoms with Crippen molar-refractivity contribution in [2.75, 3.05) is 36.5 Å². The third kappa shape index (κ3) is 3.35. The largest absolute Gasteiger partial charge is 0.375 e. The fourth-order valence-corrected chi connectivity index (χ4v) is 2.49. The van der Waals surface area contributed by atoms with Crippen LogP contribution in [0.4, 0.5) is 11.6 Å². The first-order chi connectivity index (χ1) is 9.26. The highest BCUT2D eigenvalue weighted by molar-refractivity contribution is 5.59. The molecule has 5 nitrogen and oxygen atoms in total. The predicted molar refractivity (Wildman–Crippen MR) is 77.8 cm³/mol. The van der Waals surface area contributed by atoms with Crippen molar-refractivity contribution < 1.29 is 4.74 Å². The normalized spacial score (nSPS) is 19.5. The molecule has 2 rings (SSSR count). The topological polar surface area (TPSA) is 50.3 Å². The maximum absolute atomic E-state index is 5.61. The molecule has 5 heteroatoms. The molecule has 2 heterocycles. The van der Waals surface area contributed by atoms with E-state index in [1.807, 2.05) is 0 Å². The van der Waals surface area contributed by atoms with Gasteiger partial charge in [0.15, 0.2) is 0 Å². The zero-order valence-corrected chi connectivity index (χ0v) is 12.1. The summed E-state index contributed by atoms with van der Waals surface area (Å²) in [4.78, 5) is 11.2. The predicted octanol–water partition coefficient (Wildman–Crippen LogP) is 2.09. The molecular weight excluding hydrogens is 240 g/mol. The molecular formula is C14H24N4O. The Hall–Kier alpha value is -1.36. The fourth-order valence-electron chi connectivity index (χ4n) is 2.49. The first-order valence-corrected chi connectivity index (χ1v) is 7.20. The molecule has 19 heavy (non-hydrogen) atoms. The number of nitrogens with zero attached hydrogens (tertiary/aromatic N) is 3.